The first-order chi connectivity index (χ1) is 14.1. The third-order valence-corrected chi connectivity index (χ3v) is 5.33. The second kappa shape index (κ2) is 7.93. The molecule has 7 nitrogen and oxygen atoms in total. The standard InChI is InChI=1S/C22H25NO6/c1-2-3-10-27-11-6-9-23-17-8-5-4-7-15(17)22(26,21(23)25)16-12-19-20(13-18(16)24)29-14-28-19/h4-5,7-8,12-13,24,26H,2-3,6,9-11,14H2,1H3. The number of para-hydroxylation sites is 1. The van der Waals surface area contributed by atoms with Crippen molar-refractivity contribution in [2.75, 3.05) is 31.5 Å². The number of benzene rings is 2. The first kappa shape index (κ1) is 19.5. The van der Waals surface area contributed by atoms with E-state index in [2.05, 4.69) is 6.92 Å². The third-order valence-electron chi connectivity index (χ3n) is 5.33. The number of hydrogen-bond acceptors (Lipinski definition) is 6. The molecule has 154 valence electrons. The lowest BCUT2D eigenvalue weighted by Gasteiger charge is -2.24. The average Bonchev–Trinajstić information content (AvgIpc) is 3.26. The lowest BCUT2D eigenvalue weighted by molar-refractivity contribution is -0.132. The van der Waals surface area contributed by atoms with Gasteiger partial charge >= 0.3 is 0 Å². The van der Waals surface area contributed by atoms with Crippen LogP contribution in [0.5, 0.6) is 17.2 Å². The molecule has 2 aliphatic rings. The largest absolute Gasteiger partial charge is 0.507 e. The normalized spacial score (nSPS) is 19.7. The van der Waals surface area contributed by atoms with Gasteiger partial charge in [-0.3, -0.25) is 4.79 Å². The molecule has 0 saturated heterocycles. The van der Waals surface area contributed by atoms with Crippen molar-refractivity contribution >= 4 is 11.6 Å². The van der Waals surface area contributed by atoms with E-state index < -0.39 is 11.5 Å². The molecular formula is C22H25NO6. The molecule has 29 heavy (non-hydrogen) atoms. The van der Waals surface area contributed by atoms with E-state index in [1.54, 1.807) is 23.1 Å². The SMILES string of the molecule is CCCCOCCCN1C(=O)C(O)(c2cc3c(cc2O)OCO3)c2ccccc21. The number of nitrogens with zero attached hydrogens (tertiary/aromatic N) is 1. The van der Waals surface area contributed by atoms with Crippen LogP contribution < -0.4 is 14.4 Å². The third kappa shape index (κ3) is 3.30. The minimum atomic E-state index is -2.00. The summed E-state index contributed by atoms with van der Waals surface area (Å²) < 4.78 is 16.2. The second-order valence-corrected chi connectivity index (χ2v) is 7.23. The molecular weight excluding hydrogens is 374 g/mol. The van der Waals surface area contributed by atoms with Gasteiger partial charge in [-0.2, -0.15) is 0 Å². The number of hydrogen-bond donors (Lipinski definition) is 2. The summed E-state index contributed by atoms with van der Waals surface area (Å²) in [6.07, 6.45) is 2.73. The van der Waals surface area contributed by atoms with E-state index in [-0.39, 0.29) is 18.1 Å². The van der Waals surface area contributed by atoms with Crippen LogP contribution in [0.1, 0.15) is 37.3 Å². The summed E-state index contributed by atoms with van der Waals surface area (Å²) in [5.74, 6) is 0.0556. The van der Waals surface area contributed by atoms with Crippen LogP contribution in [0.15, 0.2) is 36.4 Å². The van der Waals surface area contributed by atoms with Gasteiger partial charge in [0, 0.05) is 37.0 Å². The number of anilines is 1. The van der Waals surface area contributed by atoms with Gasteiger partial charge in [0.1, 0.15) is 5.75 Å². The first-order valence-corrected chi connectivity index (χ1v) is 9.92. The van der Waals surface area contributed by atoms with Crippen LogP contribution in [0.2, 0.25) is 0 Å². The molecule has 0 aromatic heterocycles. The highest BCUT2D eigenvalue weighted by atomic mass is 16.7. The fourth-order valence-electron chi connectivity index (χ4n) is 3.81. The monoisotopic (exact) mass is 399 g/mol. The Bertz CT molecular complexity index is 914. The fraction of sp³-hybridized carbons (Fsp3) is 0.409. The van der Waals surface area contributed by atoms with Crippen molar-refractivity contribution in [3.63, 3.8) is 0 Å². The number of aliphatic hydroxyl groups is 1. The number of rotatable bonds is 8. The van der Waals surface area contributed by atoms with E-state index in [0.29, 0.717) is 48.9 Å². The number of phenols is 1. The van der Waals surface area contributed by atoms with Gasteiger partial charge in [0.05, 0.1) is 5.69 Å². The maximum atomic E-state index is 13.4. The molecule has 2 N–H and O–H groups in total. The molecule has 0 radical (unpaired) electrons. The van der Waals surface area contributed by atoms with Crippen molar-refractivity contribution in [2.45, 2.75) is 31.8 Å². The lowest BCUT2D eigenvalue weighted by Crippen LogP contribution is -2.41. The lowest BCUT2D eigenvalue weighted by atomic mass is 9.86. The number of carbonyl (C=O) groups excluding carboxylic acids is 1. The van der Waals surface area contributed by atoms with E-state index >= 15 is 0 Å². The Morgan fingerprint density at radius 1 is 1.10 bits per heavy atom. The van der Waals surface area contributed by atoms with Crippen LogP contribution in [-0.2, 0) is 15.1 Å². The smallest absolute Gasteiger partial charge is 0.268 e. The first-order valence-electron chi connectivity index (χ1n) is 9.92. The average molecular weight is 399 g/mol. The summed E-state index contributed by atoms with van der Waals surface area (Å²) in [5, 5.41) is 22.1. The highest BCUT2D eigenvalue weighted by Crippen LogP contribution is 2.49. The van der Waals surface area contributed by atoms with Crippen molar-refractivity contribution in [1.29, 1.82) is 0 Å². The van der Waals surface area contributed by atoms with Crippen molar-refractivity contribution in [2.24, 2.45) is 0 Å². The number of ether oxygens (including phenoxy) is 3. The quantitative estimate of drug-likeness (QED) is 0.664. The summed E-state index contributed by atoms with van der Waals surface area (Å²) in [6, 6.07) is 9.93. The Hall–Kier alpha value is -2.77. The van der Waals surface area contributed by atoms with Crippen molar-refractivity contribution < 1.29 is 29.2 Å². The number of fused-ring (bicyclic) bond motifs is 2. The number of carbonyl (C=O) groups is 1. The predicted octanol–water partition coefficient (Wildman–Crippen LogP) is 2.91. The van der Waals surface area contributed by atoms with E-state index in [9.17, 15) is 15.0 Å². The molecule has 1 amide bonds. The van der Waals surface area contributed by atoms with Crippen LogP contribution in [0.3, 0.4) is 0 Å². The fourth-order valence-corrected chi connectivity index (χ4v) is 3.81. The number of aromatic hydroxyl groups is 1. The van der Waals surface area contributed by atoms with Crippen LogP contribution in [-0.4, -0.2) is 42.7 Å². The van der Waals surface area contributed by atoms with Gasteiger partial charge in [-0.1, -0.05) is 31.5 Å². The van der Waals surface area contributed by atoms with E-state index in [0.717, 1.165) is 12.8 Å². The van der Waals surface area contributed by atoms with Gasteiger partial charge in [0.15, 0.2) is 11.5 Å². The van der Waals surface area contributed by atoms with Crippen LogP contribution in [0, 0.1) is 0 Å². The van der Waals surface area contributed by atoms with E-state index in [1.165, 1.54) is 12.1 Å². The molecule has 7 heteroatoms. The summed E-state index contributed by atoms with van der Waals surface area (Å²) >= 11 is 0. The molecule has 0 spiro atoms. The molecule has 4 rings (SSSR count). The summed E-state index contributed by atoms with van der Waals surface area (Å²) in [7, 11) is 0. The molecule has 1 unspecified atom stereocenters. The molecule has 0 bridgehead atoms. The van der Waals surface area contributed by atoms with Crippen LogP contribution >= 0.6 is 0 Å². The van der Waals surface area contributed by atoms with Gasteiger partial charge in [-0.05, 0) is 25.0 Å². The Morgan fingerprint density at radius 2 is 1.83 bits per heavy atom. The molecule has 2 aliphatic heterocycles. The summed E-state index contributed by atoms with van der Waals surface area (Å²) in [5.41, 5.74) is -0.845. The van der Waals surface area contributed by atoms with Gasteiger partial charge in [0.25, 0.3) is 5.91 Å². The maximum absolute atomic E-state index is 13.4. The Balaban J connectivity index is 1.62. The molecule has 0 saturated carbocycles. The molecule has 2 aromatic rings. The van der Waals surface area contributed by atoms with E-state index in [4.69, 9.17) is 14.2 Å². The maximum Gasteiger partial charge on any atom is 0.268 e. The van der Waals surface area contributed by atoms with Gasteiger partial charge in [0.2, 0.25) is 12.4 Å². The molecule has 2 aromatic carbocycles. The van der Waals surface area contributed by atoms with Crippen LogP contribution in [0.4, 0.5) is 5.69 Å². The van der Waals surface area contributed by atoms with Crippen molar-refractivity contribution in [3.05, 3.63) is 47.5 Å². The molecule has 0 fully saturated rings. The molecule has 1 atom stereocenters. The zero-order valence-electron chi connectivity index (χ0n) is 16.4. The summed E-state index contributed by atoms with van der Waals surface area (Å²) in [6.45, 7) is 3.80. The topological polar surface area (TPSA) is 88.5 Å². The zero-order valence-corrected chi connectivity index (χ0v) is 16.4. The Morgan fingerprint density at radius 3 is 2.62 bits per heavy atom. The van der Waals surface area contributed by atoms with Gasteiger partial charge in [-0.25, -0.2) is 0 Å². The van der Waals surface area contributed by atoms with E-state index in [1.807, 2.05) is 6.07 Å². The Kier molecular flexibility index (Phi) is 5.34. The minimum absolute atomic E-state index is 0.0331. The highest BCUT2D eigenvalue weighted by Gasteiger charge is 2.52. The second-order valence-electron chi connectivity index (χ2n) is 7.23. The zero-order chi connectivity index (χ0) is 20.4. The summed E-state index contributed by atoms with van der Waals surface area (Å²) in [4.78, 5) is 14.9. The highest BCUT2D eigenvalue weighted by molar-refractivity contribution is 6.09. The van der Waals surface area contributed by atoms with Crippen molar-refractivity contribution in [1.82, 2.24) is 0 Å². The predicted molar refractivity (Wildman–Crippen MR) is 106 cm³/mol. The Labute approximate surface area is 169 Å². The number of unbranched alkanes of at least 4 members (excludes halogenated alkanes) is 1. The molecule has 2 heterocycles. The molecule has 0 aliphatic carbocycles. The number of phenolic OH excluding ortho intramolecular Hbond substituents is 1. The van der Waals surface area contributed by atoms with Gasteiger partial charge in [-0.15, -0.1) is 0 Å². The van der Waals surface area contributed by atoms with Crippen molar-refractivity contribution in [3.8, 4) is 17.2 Å². The number of amides is 1. The van der Waals surface area contributed by atoms with Gasteiger partial charge < -0.3 is 29.3 Å². The van der Waals surface area contributed by atoms with Crippen LogP contribution in [0.25, 0.3) is 0 Å². The minimum Gasteiger partial charge on any atom is -0.507 e.